The quantitative estimate of drug-likeness (QED) is 0.781. The summed E-state index contributed by atoms with van der Waals surface area (Å²) < 4.78 is 6.27. The monoisotopic (exact) mass is 265 g/mol. The Balaban J connectivity index is 2.19. The minimum absolute atomic E-state index is 0.113. The van der Waals surface area contributed by atoms with Gasteiger partial charge in [-0.1, -0.05) is 12.1 Å². The summed E-state index contributed by atoms with van der Waals surface area (Å²) >= 11 is 0. The van der Waals surface area contributed by atoms with Crippen LogP contribution in [0.2, 0.25) is 0 Å². The second-order valence-corrected chi connectivity index (χ2v) is 5.71. The zero-order valence-electron chi connectivity index (χ0n) is 11.6. The van der Waals surface area contributed by atoms with E-state index in [9.17, 15) is 9.90 Å². The van der Waals surface area contributed by atoms with Crippen LogP contribution in [0.4, 0.5) is 5.69 Å². The molecular weight excluding hydrogens is 244 g/mol. The van der Waals surface area contributed by atoms with E-state index in [0.29, 0.717) is 28.9 Å². The second kappa shape index (κ2) is 4.92. The van der Waals surface area contributed by atoms with Crippen molar-refractivity contribution >= 4 is 11.6 Å². The van der Waals surface area contributed by atoms with E-state index in [0.717, 1.165) is 6.54 Å². The third-order valence-electron chi connectivity index (χ3n) is 3.34. The first-order chi connectivity index (χ1) is 8.81. The Bertz CT molecular complexity index is 470. The van der Waals surface area contributed by atoms with E-state index in [2.05, 4.69) is 19.4 Å². The molecule has 0 spiro atoms. The number of morpholine rings is 1. The lowest BCUT2D eigenvalue weighted by atomic mass is 10.0. The highest BCUT2D eigenvalue weighted by Crippen LogP contribution is 2.29. The van der Waals surface area contributed by atoms with E-state index < -0.39 is 5.79 Å². The minimum Gasteiger partial charge on any atom is -0.357 e. The van der Waals surface area contributed by atoms with Crippen LogP contribution in [-0.2, 0) is 15.3 Å². The molecule has 0 unspecified atom stereocenters. The van der Waals surface area contributed by atoms with Crippen molar-refractivity contribution in [3.05, 3.63) is 29.8 Å². The molecule has 2 N–H and O–H groups in total. The Morgan fingerprint density at radius 1 is 1.37 bits per heavy atom. The van der Waals surface area contributed by atoms with Gasteiger partial charge >= 0.3 is 0 Å². The summed E-state index contributed by atoms with van der Waals surface area (Å²) in [6.45, 7) is 3.38. The van der Waals surface area contributed by atoms with Crippen LogP contribution in [0.25, 0.3) is 0 Å². The van der Waals surface area contributed by atoms with Crippen molar-refractivity contribution in [3.63, 3.8) is 0 Å². The maximum atomic E-state index is 11.0. The highest BCUT2D eigenvalue weighted by Gasteiger charge is 2.42. The summed E-state index contributed by atoms with van der Waals surface area (Å²) in [5.74, 6) is -1.37. The van der Waals surface area contributed by atoms with Crippen molar-refractivity contribution in [2.45, 2.75) is 12.7 Å². The lowest BCUT2D eigenvalue weighted by Gasteiger charge is -2.42. The molecule has 1 atom stereocenters. The van der Waals surface area contributed by atoms with E-state index in [1.54, 1.807) is 24.3 Å². The predicted molar refractivity (Wildman–Crippen MR) is 72.4 cm³/mol. The van der Waals surface area contributed by atoms with E-state index >= 15 is 0 Å². The zero-order valence-corrected chi connectivity index (χ0v) is 11.6. The number of hydrogen-bond donors (Lipinski definition) is 2. The number of hydrogen-bond acceptors (Lipinski definition) is 3. The molecule has 104 valence electrons. The molecule has 0 aliphatic carbocycles. The number of nitrogens with zero attached hydrogens (tertiary/aromatic N) is 1. The Morgan fingerprint density at radius 2 is 2.00 bits per heavy atom. The molecule has 5 heteroatoms. The number of carbonyl (C=O) groups excluding carboxylic acids is 1. The lowest BCUT2D eigenvalue weighted by Crippen LogP contribution is -2.57. The zero-order chi connectivity index (χ0) is 14.1. The first kappa shape index (κ1) is 14.0. The topological polar surface area (TPSA) is 58.6 Å². The van der Waals surface area contributed by atoms with Gasteiger partial charge in [0.1, 0.15) is 13.1 Å². The molecule has 1 aromatic rings. The van der Waals surface area contributed by atoms with Gasteiger partial charge in [-0.2, -0.15) is 0 Å². The van der Waals surface area contributed by atoms with Crippen molar-refractivity contribution in [1.82, 2.24) is 0 Å². The number of anilines is 1. The van der Waals surface area contributed by atoms with Crippen LogP contribution in [0.1, 0.15) is 12.5 Å². The summed E-state index contributed by atoms with van der Waals surface area (Å²) in [4.78, 5) is 11.0. The van der Waals surface area contributed by atoms with Gasteiger partial charge in [0, 0.05) is 18.2 Å². The number of aliphatic hydroxyl groups is 1. The van der Waals surface area contributed by atoms with Gasteiger partial charge in [0.2, 0.25) is 11.7 Å². The average Bonchev–Trinajstić information content (AvgIpc) is 2.27. The van der Waals surface area contributed by atoms with Crippen LogP contribution in [0, 0.1) is 0 Å². The Labute approximate surface area is 113 Å². The molecule has 0 bridgehead atoms. The fourth-order valence-electron chi connectivity index (χ4n) is 2.36. The molecule has 5 nitrogen and oxygen atoms in total. The predicted octanol–water partition coefficient (Wildman–Crippen LogP) is 0.897. The molecule has 1 amide bonds. The van der Waals surface area contributed by atoms with Crippen LogP contribution in [0.3, 0.4) is 0 Å². The molecule has 1 fully saturated rings. The van der Waals surface area contributed by atoms with Gasteiger partial charge in [-0.3, -0.25) is 4.79 Å². The van der Waals surface area contributed by atoms with Gasteiger partial charge in [-0.15, -0.1) is 0 Å². The lowest BCUT2D eigenvalue weighted by molar-refractivity contribution is -0.912. The largest absolute Gasteiger partial charge is 0.357 e. The maximum Gasteiger partial charge on any atom is 0.243 e. The first-order valence-electron chi connectivity index (χ1n) is 6.37. The highest BCUT2D eigenvalue weighted by molar-refractivity contribution is 5.88. The van der Waals surface area contributed by atoms with Gasteiger partial charge in [0.25, 0.3) is 0 Å². The summed E-state index contributed by atoms with van der Waals surface area (Å²) in [6.07, 6.45) is 0. The number of rotatable bonds is 2. The molecule has 2 rings (SSSR count). The van der Waals surface area contributed by atoms with Crippen molar-refractivity contribution in [1.29, 1.82) is 0 Å². The third-order valence-corrected chi connectivity index (χ3v) is 3.34. The number of quaternary nitrogens is 1. The third kappa shape index (κ3) is 3.32. The van der Waals surface area contributed by atoms with E-state index in [1.165, 1.54) is 6.92 Å². The fraction of sp³-hybridized carbons (Fsp3) is 0.500. The van der Waals surface area contributed by atoms with E-state index in [-0.39, 0.29) is 5.91 Å². The molecule has 0 aromatic heterocycles. The second-order valence-electron chi connectivity index (χ2n) is 5.71. The number of benzene rings is 1. The summed E-state index contributed by atoms with van der Waals surface area (Å²) in [5.41, 5.74) is 1.43. The number of carbonyl (C=O) groups is 1. The summed E-state index contributed by atoms with van der Waals surface area (Å²) in [7, 11) is 4.14. The van der Waals surface area contributed by atoms with Crippen molar-refractivity contribution < 1.29 is 19.1 Å². The normalized spacial score (nSPS) is 25.9. The smallest absolute Gasteiger partial charge is 0.243 e. The van der Waals surface area contributed by atoms with Crippen LogP contribution < -0.4 is 5.32 Å². The van der Waals surface area contributed by atoms with Gasteiger partial charge in [0.15, 0.2) is 0 Å². The van der Waals surface area contributed by atoms with Gasteiger partial charge in [0.05, 0.1) is 20.7 Å². The minimum atomic E-state index is -1.25. The van der Waals surface area contributed by atoms with Crippen molar-refractivity contribution in [3.8, 4) is 0 Å². The Kier molecular flexibility index (Phi) is 3.62. The maximum absolute atomic E-state index is 11.0. The van der Waals surface area contributed by atoms with Gasteiger partial charge < -0.3 is 19.6 Å². The molecule has 1 saturated heterocycles. The first-order valence-corrected chi connectivity index (χ1v) is 6.37. The molecule has 19 heavy (non-hydrogen) atoms. The van der Waals surface area contributed by atoms with Crippen LogP contribution >= 0.6 is 0 Å². The fourth-order valence-corrected chi connectivity index (χ4v) is 2.36. The molecular formula is C14H21N2O3+. The van der Waals surface area contributed by atoms with Crippen molar-refractivity contribution in [2.75, 3.05) is 39.1 Å². The molecule has 1 heterocycles. The number of likely N-dealkylation sites (N-methyl/N-ethyl adjacent to an activating group) is 1. The number of ether oxygens (including phenoxy) is 1. The molecule has 1 aromatic carbocycles. The number of nitrogens with one attached hydrogen (secondary N) is 1. The average molecular weight is 265 g/mol. The van der Waals surface area contributed by atoms with Gasteiger partial charge in [-0.25, -0.2) is 0 Å². The summed E-state index contributed by atoms with van der Waals surface area (Å²) in [5, 5.41) is 13.3. The van der Waals surface area contributed by atoms with Crippen molar-refractivity contribution in [2.24, 2.45) is 0 Å². The highest BCUT2D eigenvalue weighted by atomic mass is 16.6. The molecule has 1 aliphatic rings. The van der Waals surface area contributed by atoms with Gasteiger partial charge in [-0.05, 0) is 12.1 Å². The van der Waals surface area contributed by atoms with E-state index in [1.807, 2.05) is 0 Å². The number of amides is 1. The van der Waals surface area contributed by atoms with Crippen LogP contribution in [0.15, 0.2) is 24.3 Å². The molecule has 1 aliphatic heterocycles. The molecule has 0 saturated carbocycles. The standard InChI is InChI=1S/C14H20N2O3/c1-11(17)15-13-6-4-12(5-7-13)14(18)10-16(2,3)8-9-19-14/h4-7,18H,8-10H2,1-3H3/p+1/t14-/m1/s1. The van der Waals surface area contributed by atoms with E-state index in [4.69, 9.17) is 4.74 Å². The summed E-state index contributed by atoms with van der Waals surface area (Å²) in [6, 6.07) is 7.12. The van der Waals surface area contributed by atoms with Crippen LogP contribution in [-0.4, -0.2) is 49.3 Å². The Morgan fingerprint density at radius 3 is 2.53 bits per heavy atom. The van der Waals surface area contributed by atoms with Crippen LogP contribution in [0.5, 0.6) is 0 Å². The SMILES string of the molecule is CC(=O)Nc1ccc([C@@]2(O)C[N+](C)(C)CCO2)cc1. The Hall–Kier alpha value is -1.43. The molecule has 0 radical (unpaired) electrons.